The molecule has 0 fully saturated rings. The predicted octanol–water partition coefficient (Wildman–Crippen LogP) is 5.45. The zero-order chi connectivity index (χ0) is 18.5. The van der Waals surface area contributed by atoms with Crippen LogP contribution in [0.15, 0.2) is 30.3 Å². The Kier molecular flexibility index (Phi) is 8.91. The van der Waals surface area contributed by atoms with E-state index in [0.717, 1.165) is 22.0 Å². The third-order valence-corrected chi connectivity index (χ3v) is 5.18. The van der Waals surface area contributed by atoms with Gasteiger partial charge in [0.25, 0.3) is 0 Å². The molecule has 0 aliphatic heterocycles. The van der Waals surface area contributed by atoms with E-state index in [1.54, 1.807) is 6.07 Å². The minimum absolute atomic E-state index is 0.00195. The Morgan fingerprint density at radius 2 is 1.67 bits per heavy atom. The number of hydrogen-bond donors (Lipinski definition) is 1. The molecule has 0 heterocycles. The van der Waals surface area contributed by atoms with Gasteiger partial charge in [0.2, 0.25) is 0 Å². The predicted molar refractivity (Wildman–Crippen MR) is 102 cm³/mol. The van der Waals surface area contributed by atoms with Crippen molar-refractivity contribution in [2.45, 2.75) is 40.0 Å². The summed E-state index contributed by atoms with van der Waals surface area (Å²) in [6.45, 7) is 10.2. The van der Waals surface area contributed by atoms with E-state index in [0.29, 0.717) is 5.30 Å². The number of rotatable bonds is 2. The first kappa shape index (κ1) is 22.1. The maximum atomic E-state index is 14.0. The molecule has 0 amide bonds. The number of halogens is 3. The van der Waals surface area contributed by atoms with Gasteiger partial charge >= 0.3 is 37.9 Å². The topological polar surface area (TPSA) is 20.2 Å². The molecular formula is C18H22Cl2FOPZr. The Labute approximate surface area is 164 Å². The fraction of sp³-hybridized carbons (Fsp3) is 0.333. The summed E-state index contributed by atoms with van der Waals surface area (Å²) in [5.41, 5.74) is 2.93. The van der Waals surface area contributed by atoms with Gasteiger partial charge in [-0.25, -0.2) is 4.39 Å². The van der Waals surface area contributed by atoms with Gasteiger partial charge in [0, 0.05) is 10.6 Å². The quantitative estimate of drug-likeness (QED) is 0.584. The zero-order valence-electron chi connectivity index (χ0n) is 14.5. The van der Waals surface area contributed by atoms with E-state index in [1.165, 1.54) is 6.07 Å². The van der Waals surface area contributed by atoms with E-state index >= 15 is 0 Å². The van der Waals surface area contributed by atoms with Crippen molar-refractivity contribution in [1.82, 2.24) is 0 Å². The Hall–Kier alpha value is 0.0631. The van der Waals surface area contributed by atoms with Crippen LogP contribution in [0.1, 0.15) is 37.5 Å². The van der Waals surface area contributed by atoms with Gasteiger partial charge in [-0.2, -0.15) is 0 Å². The summed E-state index contributed by atoms with van der Waals surface area (Å²) in [7, 11) is 9.99. The van der Waals surface area contributed by atoms with Crippen LogP contribution in [-0.2, 0) is 26.3 Å². The second-order valence-electron chi connectivity index (χ2n) is 6.57. The zero-order valence-corrected chi connectivity index (χ0v) is 19.4. The maximum absolute atomic E-state index is 14.0. The summed E-state index contributed by atoms with van der Waals surface area (Å²) >= 11 is -0.826. The van der Waals surface area contributed by atoms with Gasteiger partial charge < -0.3 is 5.11 Å². The van der Waals surface area contributed by atoms with Crippen LogP contribution in [-0.4, -0.2) is 5.11 Å². The first-order chi connectivity index (χ1) is 11.1. The number of phenols is 1. The SMILES string of the molecule is Cc1cc(C(C)(C)C)cc(Pc2c(C)cccc2F)c1O.[Cl][Zr][Cl]. The van der Waals surface area contributed by atoms with Gasteiger partial charge in [-0.15, -0.1) is 0 Å². The van der Waals surface area contributed by atoms with E-state index in [-0.39, 0.29) is 25.6 Å². The number of hydrogen-bond acceptors (Lipinski definition) is 1. The molecule has 1 nitrogen and oxygen atoms in total. The summed E-state index contributed by atoms with van der Waals surface area (Å²) in [5, 5.41) is 11.8. The molecule has 0 saturated heterocycles. The van der Waals surface area contributed by atoms with Crippen molar-refractivity contribution in [3.63, 3.8) is 0 Å². The van der Waals surface area contributed by atoms with Gasteiger partial charge in [-0.3, -0.25) is 0 Å². The third kappa shape index (κ3) is 6.10. The van der Waals surface area contributed by atoms with Crippen molar-refractivity contribution in [3.8, 4) is 5.75 Å². The second kappa shape index (κ2) is 9.68. The van der Waals surface area contributed by atoms with Crippen LogP contribution in [0.4, 0.5) is 4.39 Å². The molecule has 0 bridgehead atoms. The van der Waals surface area contributed by atoms with Crippen LogP contribution < -0.4 is 10.6 Å². The number of aryl methyl sites for hydroxylation is 2. The molecule has 0 spiro atoms. The second-order valence-corrected chi connectivity index (χ2v) is 11.6. The molecule has 24 heavy (non-hydrogen) atoms. The molecule has 1 atom stereocenters. The van der Waals surface area contributed by atoms with Crippen molar-refractivity contribution >= 4 is 36.2 Å². The summed E-state index contributed by atoms with van der Waals surface area (Å²) in [4.78, 5) is 0. The Morgan fingerprint density at radius 3 is 2.17 bits per heavy atom. The molecule has 2 rings (SSSR count). The van der Waals surface area contributed by atoms with Crippen molar-refractivity contribution in [3.05, 3.63) is 52.8 Å². The molecule has 0 radical (unpaired) electrons. The molecule has 6 heteroatoms. The molecule has 0 saturated carbocycles. The van der Waals surface area contributed by atoms with E-state index in [4.69, 9.17) is 17.0 Å². The Morgan fingerprint density at radius 1 is 1.08 bits per heavy atom. The van der Waals surface area contributed by atoms with Crippen LogP contribution >= 0.6 is 25.6 Å². The van der Waals surface area contributed by atoms with Gasteiger partial charge in [-0.1, -0.05) is 47.6 Å². The van der Waals surface area contributed by atoms with E-state index < -0.39 is 20.8 Å². The summed E-state index contributed by atoms with van der Waals surface area (Å²) in [5.74, 6) is 0.0792. The molecule has 0 aliphatic carbocycles. The van der Waals surface area contributed by atoms with Crippen molar-refractivity contribution in [2.24, 2.45) is 0 Å². The standard InChI is InChI=1S/C18H22FOP.2ClH.Zr/c1-11-7-6-8-14(19)17(11)21-15-10-13(18(3,4)5)9-12(2)16(15)20;;;/h6-10,20-21H,1-5H3;2*1H;/q;;;+2/p-2. The van der Waals surface area contributed by atoms with Gasteiger partial charge in [0.1, 0.15) is 11.6 Å². The van der Waals surface area contributed by atoms with E-state index in [9.17, 15) is 9.50 Å². The number of benzene rings is 2. The van der Waals surface area contributed by atoms with E-state index in [1.807, 2.05) is 32.0 Å². The molecule has 130 valence electrons. The third-order valence-electron chi connectivity index (χ3n) is 3.65. The van der Waals surface area contributed by atoms with E-state index in [2.05, 4.69) is 20.8 Å². The molecule has 1 N–H and O–H groups in total. The van der Waals surface area contributed by atoms with Crippen LogP contribution in [0.3, 0.4) is 0 Å². The molecule has 0 aromatic heterocycles. The summed E-state index contributed by atoms with van der Waals surface area (Å²) in [6.07, 6.45) is 0. The molecular weight excluding hydrogens is 444 g/mol. The molecule has 1 unspecified atom stereocenters. The van der Waals surface area contributed by atoms with Gasteiger partial charge in [0.15, 0.2) is 0 Å². The Bertz CT molecular complexity index is 682. The first-order valence-corrected chi connectivity index (χ1v) is 14.8. The summed E-state index contributed by atoms with van der Waals surface area (Å²) in [6, 6.07) is 9.12. The molecule has 2 aromatic carbocycles. The van der Waals surface area contributed by atoms with Crippen molar-refractivity contribution in [2.75, 3.05) is 0 Å². The fourth-order valence-corrected chi connectivity index (χ4v) is 3.53. The van der Waals surface area contributed by atoms with Gasteiger partial charge in [0.05, 0.1) is 0 Å². The Balaban J connectivity index is 0.000000891. The van der Waals surface area contributed by atoms with Crippen LogP contribution in [0.5, 0.6) is 5.75 Å². The number of phenolic OH excluding ortho intramolecular Hbond substituents is 1. The first-order valence-electron chi connectivity index (χ1n) is 7.44. The average Bonchev–Trinajstić information content (AvgIpc) is 2.47. The normalized spacial score (nSPS) is 11.3. The number of aromatic hydroxyl groups is 1. The fourth-order valence-electron chi connectivity index (χ4n) is 2.23. The average molecular weight is 466 g/mol. The van der Waals surface area contributed by atoms with Crippen molar-refractivity contribution < 1.29 is 30.3 Å². The van der Waals surface area contributed by atoms with Crippen LogP contribution in [0.25, 0.3) is 0 Å². The molecule has 2 aromatic rings. The minimum atomic E-state index is -0.826. The summed E-state index contributed by atoms with van der Waals surface area (Å²) < 4.78 is 14.0. The van der Waals surface area contributed by atoms with Crippen LogP contribution in [0, 0.1) is 19.7 Å². The molecule has 0 aliphatic rings. The van der Waals surface area contributed by atoms with Crippen LogP contribution in [0.2, 0.25) is 0 Å². The monoisotopic (exact) mass is 464 g/mol. The van der Waals surface area contributed by atoms with Gasteiger partial charge in [-0.05, 0) is 48.1 Å². The van der Waals surface area contributed by atoms with Crippen molar-refractivity contribution in [1.29, 1.82) is 0 Å².